The van der Waals surface area contributed by atoms with Gasteiger partial charge in [0.2, 0.25) is 0 Å². The van der Waals surface area contributed by atoms with Crippen molar-refractivity contribution in [2.45, 2.75) is 66.0 Å². The maximum absolute atomic E-state index is 12.7. The van der Waals surface area contributed by atoms with Crippen LogP contribution in [-0.2, 0) is 49.4 Å². The van der Waals surface area contributed by atoms with Gasteiger partial charge in [0.25, 0.3) is 0 Å². The van der Waals surface area contributed by atoms with Crippen molar-refractivity contribution in [1.29, 1.82) is 0 Å². The molecule has 4 rings (SSSR count). The lowest BCUT2D eigenvalue weighted by Crippen LogP contribution is -2.38. The molecule has 1 unspecified atom stereocenters. The molecule has 10 nitrogen and oxygen atoms in total. The van der Waals surface area contributed by atoms with Gasteiger partial charge in [-0.15, -0.1) is 0 Å². The second kappa shape index (κ2) is 15.5. The molecule has 0 bridgehead atoms. The van der Waals surface area contributed by atoms with Crippen LogP contribution in [-0.4, -0.2) is 72.3 Å². The fraction of sp³-hybridized carbons (Fsp3) is 0.500. The summed E-state index contributed by atoms with van der Waals surface area (Å²) in [4.78, 5) is 34.4. The van der Waals surface area contributed by atoms with Crippen molar-refractivity contribution in [3.63, 3.8) is 0 Å². The van der Waals surface area contributed by atoms with Gasteiger partial charge < -0.3 is 28.7 Å². The molecule has 0 spiro atoms. The minimum absolute atomic E-state index is 0.00349. The molecular formula is C32H43N2O8P. The highest BCUT2D eigenvalue weighted by molar-refractivity contribution is 7.20. The van der Waals surface area contributed by atoms with Crippen LogP contribution in [0.25, 0.3) is 0 Å². The number of aromatic hydroxyl groups is 1. The van der Waals surface area contributed by atoms with Gasteiger partial charge in [-0.3, -0.25) is 9.69 Å². The lowest BCUT2D eigenvalue weighted by atomic mass is 9.89. The molecule has 1 saturated heterocycles. The maximum Gasteiger partial charge on any atom is 0.342 e. The van der Waals surface area contributed by atoms with Crippen LogP contribution in [0.3, 0.4) is 0 Å². The molecular weight excluding hydrogens is 571 g/mol. The number of carbonyl (C=O) groups excluding carboxylic acids is 2. The number of hydroxylamine groups is 1. The molecule has 0 amide bonds. The van der Waals surface area contributed by atoms with E-state index in [0.717, 1.165) is 72.7 Å². The molecule has 2 atom stereocenters. The summed E-state index contributed by atoms with van der Waals surface area (Å²) < 4.78 is 28.1. The second-order valence-electron chi connectivity index (χ2n) is 11.0. The van der Waals surface area contributed by atoms with Gasteiger partial charge in [-0.2, -0.15) is 0 Å². The number of nitrogens with zero attached hydrogens (tertiary/aromatic N) is 2. The van der Waals surface area contributed by atoms with Crippen molar-refractivity contribution in [2.75, 3.05) is 39.5 Å². The third-order valence-electron chi connectivity index (χ3n) is 8.09. The summed E-state index contributed by atoms with van der Waals surface area (Å²) in [5.74, 6) is -0.469. The number of phenols is 1. The molecule has 0 aromatic heterocycles. The Bertz CT molecular complexity index is 1360. The van der Waals surface area contributed by atoms with E-state index in [2.05, 4.69) is 4.90 Å². The molecule has 2 heterocycles. The smallest absolute Gasteiger partial charge is 0.342 e. The minimum atomic E-state index is -1.56. The summed E-state index contributed by atoms with van der Waals surface area (Å²) in [6.45, 7) is 12.1. The Labute approximate surface area is 254 Å². The van der Waals surface area contributed by atoms with Crippen LogP contribution >= 0.6 is 8.61 Å². The Balaban J connectivity index is 1.38. The van der Waals surface area contributed by atoms with E-state index in [-0.39, 0.29) is 24.5 Å². The van der Waals surface area contributed by atoms with Crippen molar-refractivity contribution in [1.82, 2.24) is 9.73 Å². The van der Waals surface area contributed by atoms with Crippen LogP contribution in [0.4, 0.5) is 0 Å². The first kappa shape index (κ1) is 32.7. The van der Waals surface area contributed by atoms with E-state index in [9.17, 15) is 19.3 Å². The molecule has 11 heteroatoms. The average molecular weight is 615 g/mol. The molecule has 1 N–H and O–H groups in total. The van der Waals surface area contributed by atoms with Crippen molar-refractivity contribution in [2.24, 2.45) is 0 Å². The first-order valence-corrected chi connectivity index (χ1v) is 15.9. The van der Waals surface area contributed by atoms with Gasteiger partial charge in [0.15, 0.2) is 14.4 Å². The molecule has 234 valence electrons. The van der Waals surface area contributed by atoms with Crippen LogP contribution in [0, 0.1) is 6.92 Å². The van der Waals surface area contributed by atoms with Gasteiger partial charge in [-0.05, 0) is 63.6 Å². The van der Waals surface area contributed by atoms with E-state index >= 15 is 0 Å². The number of allylic oxidation sites excluding steroid dienone is 2. The molecule has 2 aromatic carbocycles. The van der Waals surface area contributed by atoms with Crippen molar-refractivity contribution in [3.8, 4) is 11.5 Å². The molecule has 2 aliphatic rings. The quantitative estimate of drug-likeness (QED) is 0.107. The third-order valence-corrected chi connectivity index (χ3v) is 8.85. The zero-order chi connectivity index (χ0) is 30.9. The highest BCUT2D eigenvalue weighted by Crippen LogP contribution is 2.38. The van der Waals surface area contributed by atoms with Crippen LogP contribution in [0.2, 0.25) is 0 Å². The number of esters is 2. The average Bonchev–Trinajstić information content (AvgIpc) is 3.41. The van der Waals surface area contributed by atoms with E-state index in [1.165, 1.54) is 4.83 Å². The molecule has 2 aromatic rings. The fourth-order valence-electron chi connectivity index (χ4n) is 5.54. The van der Waals surface area contributed by atoms with Crippen LogP contribution in [0.15, 0.2) is 35.9 Å². The number of ether oxygens (including phenoxy) is 3. The number of morpholine rings is 1. The molecule has 1 fully saturated rings. The molecule has 0 saturated carbocycles. The summed E-state index contributed by atoms with van der Waals surface area (Å²) in [5.41, 5.74) is 5.68. The standard InChI is InChI=1S/C32H43N2O8P/c1-5-25-22(3)27-20-41-32(37)29(27)30(35)26(25)12-11-21(2)19-24-9-6-7-10-28(24)42-34(43-38)23(4)31(36)40-16-8-13-33-14-17-39-18-15-33/h6-7,9-11,23,35H,5,8,12-20,43H2,1-4H3/t23-/m0/s1. The SMILES string of the molecule is CCc1c(C)c2c(c(O)c1CC=C(C)Cc1ccccc1ON([PH2]=O)[C@@H](C)C(=O)OCCCN1CCOCC1)C(=O)OC2. The number of rotatable bonds is 14. The first-order valence-electron chi connectivity index (χ1n) is 14.9. The second-order valence-corrected chi connectivity index (χ2v) is 11.7. The lowest BCUT2D eigenvalue weighted by Gasteiger charge is -2.26. The van der Waals surface area contributed by atoms with E-state index in [1.807, 2.05) is 45.0 Å². The zero-order valence-corrected chi connectivity index (χ0v) is 26.7. The summed E-state index contributed by atoms with van der Waals surface area (Å²) in [6.07, 6.45) is 4.46. The number of para-hydroxylation sites is 1. The summed E-state index contributed by atoms with van der Waals surface area (Å²) in [5, 5.41) is 11.0. The number of fused-ring (bicyclic) bond motifs is 1. The number of phenolic OH excluding ortho intramolecular Hbond substituents is 1. The van der Waals surface area contributed by atoms with E-state index in [1.54, 1.807) is 13.0 Å². The summed E-state index contributed by atoms with van der Waals surface area (Å²) >= 11 is 0. The van der Waals surface area contributed by atoms with Gasteiger partial charge >= 0.3 is 11.9 Å². The van der Waals surface area contributed by atoms with Crippen LogP contribution in [0.5, 0.6) is 11.5 Å². The Kier molecular flexibility index (Phi) is 11.8. The fourth-order valence-corrected chi connectivity index (χ4v) is 6.01. The van der Waals surface area contributed by atoms with E-state index in [4.69, 9.17) is 19.0 Å². The van der Waals surface area contributed by atoms with Gasteiger partial charge in [0.1, 0.15) is 24.0 Å². The molecule has 0 radical (unpaired) electrons. The Morgan fingerprint density at radius 2 is 1.98 bits per heavy atom. The largest absolute Gasteiger partial charge is 0.507 e. The van der Waals surface area contributed by atoms with Gasteiger partial charge in [0, 0.05) is 36.3 Å². The minimum Gasteiger partial charge on any atom is -0.507 e. The van der Waals surface area contributed by atoms with Crippen LogP contribution < -0.4 is 4.84 Å². The normalized spacial score (nSPS) is 16.5. The number of cyclic esters (lactones) is 1. The topological polar surface area (TPSA) is 115 Å². The van der Waals surface area contributed by atoms with Gasteiger partial charge in [0.05, 0.1) is 19.8 Å². The molecule has 2 aliphatic heterocycles. The Hall–Kier alpha value is -3.17. The highest BCUT2D eigenvalue weighted by Gasteiger charge is 2.31. The van der Waals surface area contributed by atoms with E-state index in [0.29, 0.717) is 25.0 Å². The maximum atomic E-state index is 12.7. The monoisotopic (exact) mass is 614 g/mol. The lowest BCUT2D eigenvalue weighted by molar-refractivity contribution is -0.154. The Morgan fingerprint density at radius 1 is 1.23 bits per heavy atom. The van der Waals surface area contributed by atoms with Gasteiger partial charge in [-0.1, -0.05) is 41.6 Å². The third kappa shape index (κ3) is 8.06. The van der Waals surface area contributed by atoms with E-state index < -0.39 is 26.6 Å². The van der Waals surface area contributed by atoms with Crippen molar-refractivity contribution in [3.05, 3.63) is 69.3 Å². The zero-order valence-electron chi connectivity index (χ0n) is 25.5. The number of hydrogen-bond donors (Lipinski definition) is 1. The molecule has 43 heavy (non-hydrogen) atoms. The molecule has 0 aliphatic carbocycles. The predicted molar refractivity (Wildman–Crippen MR) is 164 cm³/mol. The summed E-state index contributed by atoms with van der Waals surface area (Å²) in [7, 11) is -1.56. The van der Waals surface area contributed by atoms with Crippen molar-refractivity contribution < 1.29 is 38.3 Å². The number of carbonyl (C=O) groups is 2. The van der Waals surface area contributed by atoms with Crippen LogP contribution in [0.1, 0.15) is 65.4 Å². The predicted octanol–water partition coefficient (Wildman–Crippen LogP) is 4.59. The Morgan fingerprint density at radius 3 is 2.70 bits per heavy atom. The number of hydrogen-bond acceptors (Lipinski definition) is 9. The highest BCUT2D eigenvalue weighted by atomic mass is 31.1. The summed E-state index contributed by atoms with van der Waals surface area (Å²) in [6, 6.07) is 6.58. The first-order chi connectivity index (χ1) is 20.7. The van der Waals surface area contributed by atoms with Crippen molar-refractivity contribution >= 4 is 20.5 Å². The number of benzene rings is 2. The van der Waals surface area contributed by atoms with Gasteiger partial charge in [-0.25, -0.2) is 4.79 Å².